The van der Waals surface area contributed by atoms with E-state index in [0.717, 1.165) is 5.56 Å². The van der Waals surface area contributed by atoms with Crippen LogP contribution in [0.5, 0.6) is 0 Å². The van der Waals surface area contributed by atoms with Crippen molar-refractivity contribution in [1.29, 1.82) is 0 Å². The molecular formula is C11H10ClN5O. The SMILES string of the molecule is NC(=O)c1cnc(Cl)nc1NCc1ccncc1. The molecule has 0 bridgehead atoms. The first-order valence-electron chi connectivity index (χ1n) is 5.12. The van der Waals surface area contributed by atoms with Gasteiger partial charge in [0, 0.05) is 25.1 Å². The van der Waals surface area contributed by atoms with Crippen LogP contribution >= 0.6 is 11.6 Å². The number of nitrogens with two attached hydrogens (primary N) is 1. The van der Waals surface area contributed by atoms with E-state index in [-0.39, 0.29) is 10.8 Å². The Kier molecular flexibility index (Phi) is 3.69. The number of amides is 1. The first-order valence-corrected chi connectivity index (χ1v) is 5.49. The summed E-state index contributed by atoms with van der Waals surface area (Å²) in [6.07, 6.45) is 4.66. The van der Waals surface area contributed by atoms with Crippen molar-refractivity contribution in [2.45, 2.75) is 6.54 Å². The number of carbonyl (C=O) groups excluding carboxylic acids is 1. The molecule has 0 aliphatic carbocycles. The zero-order valence-corrected chi connectivity index (χ0v) is 10.1. The molecule has 7 heteroatoms. The van der Waals surface area contributed by atoms with Crippen molar-refractivity contribution in [3.8, 4) is 0 Å². The van der Waals surface area contributed by atoms with Crippen LogP contribution in [0.1, 0.15) is 15.9 Å². The van der Waals surface area contributed by atoms with Crippen molar-refractivity contribution < 1.29 is 4.79 Å². The largest absolute Gasteiger partial charge is 0.365 e. The van der Waals surface area contributed by atoms with E-state index in [1.165, 1.54) is 6.20 Å². The van der Waals surface area contributed by atoms with Gasteiger partial charge in [0.25, 0.3) is 5.91 Å². The molecule has 0 saturated carbocycles. The van der Waals surface area contributed by atoms with Gasteiger partial charge in [-0.1, -0.05) is 0 Å². The molecule has 0 saturated heterocycles. The number of nitrogens with one attached hydrogen (secondary N) is 1. The zero-order valence-electron chi connectivity index (χ0n) is 9.30. The van der Waals surface area contributed by atoms with E-state index in [1.807, 2.05) is 12.1 Å². The lowest BCUT2D eigenvalue weighted by atomic mass is 10.2. The summed E-state index contributed by atoms with van der Waals surface area (Å²) in [4.78, 5) is 22.8. The summed E-state index contributed by atoms with van der Waals surface area (Å²) >= 11 is 5.68. The lowest BCUT2D eigenvalue weighted by Crippen LogP contribution is -2.16. The van der Waals surface area contributed by atoms with Gasteiger partial charge < -0.3 is 11.1 Å². The maximum absolute atomic E-state index is 11.2. The van der Waals surface area contributed by atoms with Gasteiger partial charge in [-0.25, -0.2) is 4.98 Å². The molecule has 0 aromatic carbocycles. The molecule has 2 rings (SSSR count). The second-order valence-corrected chi connectivity index (χ2v) is 3.81. The fourth-order valence-corrected chi connectivity index (χ4v) is 1.50. The van der Waals surface area contributed by atoms with Crippen LogP contribution in [-0.2, 0) is 6.54 Å². The second kappa shape index (κ2) is 5.42. The molecule has 2 heterocycles. The van der Waals surface area contributed by atoms with Crippen LogP contribution < -0.4 is 11.1 Å². The number of rotatable bonds is 4. The van der Waals surface area contributed by atoms with Gasteiger partial charge in [-0.15, -0.1) is 0 Å². The Hall–Kier alpha value is -2.21. The zero-order chi connectivity index (χ0) is 13.0. The summed E-state index contributed by atoms with van der Waals surface area (Å²) in [5, 5.41) is 3.04. The van der Waals surface area contributed by atoms with Gasteiger partial charge in [0.15, 0.2) is 0 Å². The number of nitrogens with zero attached hydrogens (tertiary/aromatic N) is 3. The Bertz CT molecular complexity index is 561. The summed E-state index contributed by atoms with van der Waals surface area (Å²) in [6, 6.07) is 3.69. The predicted octanol–water partition coefficient (Wildman–Crippen LogP) is 1.24. The highest BCUT2D eigenvalue weighted by molar-refractivity contribution is 6.28. The summed E-state index contributed by atoms with van der Waals surface area (Å²) in [7, 11) is 0. The average molecular weight is 264 g/mol. The van der Waals surface area contributed by atoms with Gasteiger partial charge in [0.2, 0.25) is 5.28 Å². The minimum atomic E-state index is -0.608. The number of hydrogen-bond acceptors (Lipinski definition) is 5. The Morgan fingerprint density at radius 1 is 1.39 bits per heavy atom. The van der Waals surface area contributed by atoms with E-state index in [1.54, 1.807) is 12.4 Å². The number of carbonyl (C=O) groups is 1. The minimum Gasteiger partial charge on any atom is -0.365 e. The summed E-state index contributed by atoms with van der Waals surface area (Å²) in [6.45, 7) is 0.482. The van der Waals surface area contributed by atoms with Crippen molar-refractivity contribution in [1.82, 2.24) is 15.0 Å². The lowest BCUT2D eigenvalue weighted by Gasteiger charge is -2.08. The third-order valence-corrected chi connectivity index (χ3v) is 2.42. The van der Waals surface area contributed by atoms with Crippen molar-refractivity contribution in [2.75, 3.05) is 5.32 Å². The number of hydrogen-bond donors (Lipinski definition) is 2. The molecule has 0 aliphatic heterocycles. The molecule has 2 aromatic rings. The van der Waals surface area contributed by atoms with Crippen LogP contribution in [0.3, 0.4) is 0 Å². The average Bonchev–Trinajstić information content (AvgIpc) is 2.37. The summed E-state index contributed by atoms with van der Waals surface area (Å²) in [5.74, 6) is -0.289. The summed E-state index contributed by atoms with van der Waals surface area (Å²) < 4.78 is 0. The van der Waals surface area contributed by atoms with E-state index in [2.05, 4.69) is 20.3 Å². The highest BCUT2D eigenvalue weighted by Gasteiger charge is 2.10. The molecule has 3 N–H and O–H groups in total. The molecule has 92 valence electrons. The molecule has 18 heavy (non-hydrogen) atoms. The second-order valence-electron chi connectivity index (χ2n) is 3.47. The Balaban J connectivity index is 2.18. The molecule has 0 atom stereocenters. The number of anilines is 1. The fraction of sp³-hybridized carbons (Fsp3) is 0.0909. The topological polar surface area (TPSA) is 93.8 Å². The number of halogens is 1. The first-order chi connectivity index (χ1) is 8.66. The van der Waals surface area contributed by atoms with Gasteiger partial charge >= 0.3 is 0 Å². The quantitative estimate of drug-likeness (QED) is 0.810. The molecule has 1 amide bonds. The number of primary amides is 1. The highest BCUT2D eigenvalue weighted by atomic mass is 35.5. The monoisotopic (exact) mass is 263 g/mol. The minimum absolute atomic E-state index is 0.0530. The smallest absolute Gasteiger partial charge is 0.254 e. The van der Waals surface area contributed by atoms with E-state index in [0.29, 0.717) is 12.4 Å². The van der Waals surface area contributed by atoms with Crippen LogP contribution in [0, 0.1) is 0 Å². The Morgan fingerprint density at radius 2 is 2.11 bits per heavy atom. The van der Waals surface area contributed by atoms with Crippen molar-refractivity contribution in [3.05, 3.63) is 47.1 Å². The van der Waals surface area contributed by atoms with E-state index in [4.69, 9.17) is 17.3 Å². The maximum atomic E-state index is 11.2. The van der Waals surface area contributed by atoms with Crippen molar-refractivity contribution >= 4 is 23.3 Å². The maximum Gasteiger partial charge on any atom is 0.254 e. The van der Waals surface area contributed by atoms with Crippen LogP contribution in [0.15, 0.2) is 30.7 Å². The number of pyridine rings is 1. The van der Waals surface area contributed by atoms with Crippen LogP contribution in [0.2, 0.25) is 5.28 Å². The first kappa shape index (κ1) is 12.3. The molecule has 6 nitrogen and oxygen atoms in total. The van der Waals surface area contributed by atoms with Gasteiger partial charge in [-0.05, 0) is 29.3 Å². The molecule has 0 radical (unpaired) electrons. The van der Waals surface area contributed by atoms with Gasteiger partial charge in [-0.2, -0.15) is 4.98 Å². The lowest BCUT2D eigenvalue weighted by molar-refractivity contribution is 0.100. The highest BCUT2D eigenvalue weighted by Crippen LogP contribution is 2.14. The fourth-order valence-electron chi connectivity index (χ4n) is 1.36. The number of aromatic nitrogens is 3. The van der Waals surface area contributed by atoms with Crippen molar-refractivity contribution in [3.63, 3.8) is 0 Å². The molecule has 0 spiro atoms. The Morgan fingerprint density at radius 3 is 2.78 bits per heavy atom. The van der Waals surface area contributed by atoms with Crippen LogP contribution in [-0.4, -0.2) is 20.9 Å². The van der Waals surface area contributed by atoms with Crippen LogP contribution in [0.25, 0.3) is 0 Å². The third-order valence-electron chi connectivity index (χ3n) is 2.23. The molecule has 2 aromatic heterocycles. The predicted molar refractivity (Wildman–Crippen MR) is 67.1 cm³/mol. The third kappa shape index (κ3) is 2.92. The van der Waals surface area contributed by atoms with Crippen LogP contribution in [0.4, 0.5) is 5.82 Å². The van der Waals surface area contributed by atoms with Crippen molar-refractivity contribution in [2.24, 2.45) is 5.73 Å². The van der Waals surface area contributed by atoms with Gasteiger partial charge in [-0.3, -0.25) is 9.78 Å². The molecule has 0 aliphatic rings. The van der Waals surface area contributed by atoms with Gasteiger partial charge in [0.05, 0.1) is 5.56 Å². The standard InChI is InChI=1S/C11H10ClN5O/c12-11-16-6-8(9(13)18)10(17-11)15-5-7-1-3-14-4-2-7/h1-4,6H,5H2,(H2,13,18)(H,15,16,17). The van der Waals surface area contributed by atoms with E-state index < -0.39 is 5.91 Å². The normalized spacial score (nSPS) is 10.1. The summed E-state index contributed by atoms with van der Waals surface area (Å²) in [5.41, 5.74) is 6.42. The van der Waals surface area contributed by atoms with E-state index in [9.17, 15) is 4.79 Å². The molecule has 0 unspecified atom stereocenters. The van der Waals surface area contributed by atoms with Gasteiger partial charge in [0.1, 0.15) is 5.82 Å². The molecule has 0 fully saturated rings. The molecular weight excluding hydrogens is 254 g/mol. The Labute approximate surface area is 108 Å². The van der Waals surface area contributed by atoms with E-state index >= 15 is 0 Å².